The van der Waals surface area contributed by atoms with Gasteiger partial charge in [0, 0.05) is 11.5 Å². The van der Waals surface area contributed by atoms with Gasteiger partial charge in [0.05, 0.1) is 6.54 Å². The lowest BCUT2D eigenvalue weighted by atomic mass is 10.2. The summed E-state index contributed by atoms with van der Waals surface area (Å²) >= 11 is 4.00. The van der Waals surface area contributed by atoms with E-state index in [0.29, 0.717) is 12.3 Å². The van der Waals surface area contributed by atoms with Crippen molar-refractivity contribution in [2.45, 2.75) is 13.0 Å². The van der Waals surface area contributed by atoms with Crippen molar-refractivity contribution in [1.82, 2.24) is 5.32 Å². The smallest absolute Gasteiger partial charge is 0.245 e. The molecule has 56 valence electrons. The van der Waals surface area contributed by atoms with E-state index in [1.165, 1.54) is 0 Å². The van der Waals surface area contributed by atoms with Gasteiger partial charge in [0.2, 0.25) is 5.91 Å². The number of amides is 1. The zero-order chi connectivity index (χ0) is 7.56. The topological polar surface area (TPSA) is 41.5 Å². The maximum Gasteiger partial charge on any atom is 0.245 e. The van der Waals surface area contributed by atoms with Crippen LogP contribution in [0.2, 0.25) is 0 Å². The summed E-state index contributed by atoms with van der Waals surface area (Å²) in [5.74, 6) is 0.476. The van der Waals surface area contributed by atoms with Gasteiger partial charge in [-0.2, -0.15) is 12.6 Å². The molecule has 1 aliphatic rings. The minimum Gasteiger partial charge on any atom is -0.349 e. The lowest BCUT2D eigenvalue weighted by Gasteiger charge is -2.16. The van der Waals surface area contributed by atoms with E-state index >= 15 is 0 Å². The van der Waals surface area contributed by atoms with Gasteiger partial charge in [-0.15, -0.1) is 0 Å². The Kier molecular flexibility index (Phi) is 2.32. The number of hydrogen-bond donors (Lipinski definition) is 2. The number of hydrogen-bond acceptors (Lipinski definition) is 3. The van der Waals surface area contributed by atoms with Crippen molar-refractivity contribution in [3.63, 3.8) is 0 Å². The summed E-state index contributed by atoms with van der Waals surface area (Å²) in [6, 6.07) is -0.267. The van der Waals surface area contributed by atoms with Crippen LogP contribution in [0, 0.1) is 0 Å². The highest BCUT2D eigenvalue weighted by Gasteiger charge is 2.18. The fourth-order valence-corrected chi connectivity index (χ4v) is 1.07. The molecule has 0 aliphatic carbocycles. The van der Waals surface area contributed by atoms with Gasteiger partial charge in [-0.25, -0.2) is 0 Å². The van der Waals surface area contributed by atoms with Crippen LogP contribution in [0.25, 0.3) is 0 Å². The highest BCUT2D eigenvalue weighted by Crippen LogP contribution is 1.99. The second-order valence-corrected chi connectivity index (χ2v) is 2.65. The lowest BCUT2D eigenvalue weighted by Crippen LogP contribution is -2.42. The largest absolute Gasteiger partial charge is 0.349 e. The Labute approximate surface area is 65.3 Å². The molecule has 0 saturated carbocycles. The second-order valence-electron chi connectivity index (χ2n) is 2.28. The fourth-order valence-electron chi connectivity index (χ4n) is 0.827. The van der Waals surface area contributed by atoms with Gasteiger partial charge in [-0.05, 0) is 6.92 Å². The summed E-state index contributed by atoms with van der Waals surface area (Å²) in [6.07, 6.45) is 0. The maximum atomic E-state index is 10.9. The van der Waals surface area contributed by atoms with Crippen LogP contribution in [0.5, 0.6) is 0 Å². The van der Waals surface area contributed by atoms with Crippen LogP contribution in [-0.4, -0.2) is 30.0 Å². The molecule has 0 aromatic rings. The number of carbonyl (C=O) groups excluding carboxylic acids is 1. The lowest BCUT2D eigenvalue weighted by molar-refractivity contribution is -0.121. The Morgan fingerprint density at radius 2 is 2.60 bits per heavy atom. The van der Waals surface area contributed by atoms with Crippen LogP contribution >= 0.6 is 12.6 Å². The van der Waals surface area contributed by atoms with Crippen molar-refractivity contribution >= 4 is 24.2 Å². The number of aliphatic imine (C=N–C) groups is 1. The van der Waals surface area contributed by atoms with E-state index in [2.05, 4.69) is 22.9 Å². The molecule has 4 heteroatoms. The third kappa shape index (κ3) is 1.50. The highest BCUT2D eigenvalue weighted by atomic mass is 32.1. The minimum atomic E-state index is -0.267. The quantitative estimate of drug-likeness (QED) is 0.513. The molecule has 0 unspecified atom stereocenters. The summed E-state index contributed by atoms with van der Waals surface area (Å²) in [6.45, 7) is 2.49. The molecule has 0 saturated heterocycles. The average molecular weight is 158 g/mol. The monoisotopic (exact) mass is 158 g/mol. The van der Waals surface area contributed by atoms with Gasteiger partial charge in [0.25, 0.3) is 0 Å². The zero-order valence-electron chi connectivity index (χ0n) is 5.79. The Hall–Kier alpha value is -0.510. The first-order valence-electron chi connectivity index (χ1n) is 3.16. The van der Waals surface area contributed by atoms with Gasteiger partial charge in [-0.3, -0.25) is 9.79 Å². The van der Waals surface area contributed by atoms with Gasteiger partial charge >= 0.3 is 0 Å². The molecule has 1 rings (SSSR count). The van der Waals surface area contributed by atoms with Crippen LogP contribution < -0.4 is 5.32 Å². The van der Waals surface area contributed by atoms with Crippen LogP contribution in [0.15, 0.2) is 4.99 Å². The molecule has 0 radical (unpaired) electrons. The Balaban J connectivity index is 2.68. The van der Waals surface area contributed by atoms with E-state index in [4.69, 9.17) is 0 Å². The average Bonchev–Trinajstić information content (AvgIpc) is 1.94. The molecule has 1 heterocycles. The van der Waals surface area contributed by atoms with Crippen molar-refractivity contribution in [3.8, 4) is 0 Å². The van der Waals surface area contributed by atoms with Crippen LogP contribution in [0.4, 0.5) is 0 Å². The molecule has 3 nitrogen and oxygen atoms in total. The summed E-state index contributed by atoms with van der Waals surface area (Å²) < 4.78 is 0. The van der Waals surface area contributed by atoms with E-state index in [1.807, 2.05) is 6.92 Å². The van der Waals surface area contributed by atoms with Crippen LogP contribution in [0.3, 0.4) is 0 Å². The Morgan fingerprint density at radius 1 is 1.90 bits per heavy atom. The van der Waals surface area contributed by atoms with E-state index in [0.717, 1.165) is 5.71 Å². The molecule has 0 fully saturated rings. The molecule has 1 aliphatic heterocycles. The first-order chi connectivity index (χ1) is 4.74. The number of carbonyl (C=O) groups is 1. The molecule has 0 bridgehead atoms. The van der Waals surface area contributed by atoms with Crippen molar-refractivity contribution in [2.24, 2.45) is 4.99 Å². The van der Waals surface area contributed by atoms with Crippen molar-refractivity contribution in [3.05, 3.63) is 0 Å². The Morgan fingerprint density at radius 3 is 3.10 bits per heavy atom. The predicted octanol–water partition coefficient (Wildman–Crippen LogP) is -0.124. The van der Waals surface area contributed by atoms with Gasteiger partial charge in [0.1, 0.15) is 6.04 Å². The third-order valence-electron chi connectivity index (χ3n) is 1.37. The number of rotatable bonds is 1. The molecule has 1 N–H and O–H groups in total. The van der Waals surface area contributed by atoms with E-state index < -0.39 is 0 Å². The SMILES string of the molecule is CC1=N[C@@H](CS)C(=O)NC1. The molecule has 10 heavy (non-hydrogen) atoms. The van der Waals surface area contributed by atoms with E-state index in [-0.39, 0.29) is 11.9 Å². The summed E-state index contributed by atoms with van der Waals surface area (Å²) in [5, 5.41) is 2.71. The molecule has 0 aromatic carbocycles. The standard InChI is InChI=1S/C6H10N2OS/c1-4-2-7-6(9)5(3-10)8-4/h5,10H,2-3H2,1H3,(H,7,9)/t5-/m0/s1. The summed E-state index contributed by atoms with van der Waals surface area (Å²) in [4.78, 5) is 15.0. The number of nitrogens with zero attached hydrogens (tertiary/aromatic N) is 1. The molecule has 0 spiro atoms. The summed E-state index contributed by atoms with van der Waals surface area (Å²) in [7, 11) is 0. The normalized spacial score (nSPS) is 25.6. The second kappa shape index (κ2) is 3.05. The molecular weight excluding hydrogens is 148 g/mol. The number of thiol groups is 1. The number of nitrogens with one attached hydrogen (secondary N) is 1. The van der Waals surface area contributed by atoms with Crippen LogP contribution in [-0.2, 0) is 4.79 Å². The van der Waals surface area contributed by atoms with Gasteiger partial charge in [-0.1, -0.05) is 0 Å². The minimum absolute atomic E-state index is 0.0133. The zero-order valence-corrected chi connectivity index (χ0v) is 6.69. The summed E-state index contributed by atoms with van der Waals surface area (Å²) in [5.41, 5.74) is 0.971. The molecule has 1 atom stereocenters. The van der Waals surface area contributed by atoms with Crippen molar-refractivity contribution < 1.29 is 4.79 Å². The van der Waals surface area contributed by atoms with Crippen LogP contribution in [0.1, 0.15) is 6.92 Å². The highest BCUT2D eigenvalue weighted by molar-refractivity contribution is 7.80. The first kappa shape index (κ1) is 7.60. The first-order valence-corrected chi connectivity index (χ1v) is 3.79. The Bertz CT molecular complexity index is 179. The van der Waals surface area contributed by atoms with Gasteiger partial charge < -0.3 is 5.32 Å². The molecular formula is C6H10N2OS. The molecule has 1 amide bonds. The third-order valence-corrected chi connectivity index (χ3v) is 1.72. The van der Waals surface area contributed by atoms with Gasteiger partial charge in [0.15, 0.2) is 0 Å². The molecule has 0 aromatic heterocycles. The van der Waals surface area contributed by atoms with E-state index in [9.17, 15) is 4.79 Å². The van der Waals surface area contributed by atoms with Crippen molar-refractivity contribution in [2.75, 3.05) is 12.3 Å². The predicted molar refractivity (Wildman–Crippen MR) is 43.8 cm³/mol. The maximum absolute atomic E-state index is 10.9. The van der Waals surface area contributed by atoms with E-state index in [1.54, 1.807) is 0 Å². The van der Waals surface area contributed by atoms with Crippen molar-refractivity contribution in [1.29, 1.82) is 0 Å². The fraction of sp³-hybridized carbons (Fsp3) is 0.667.